The van der Waals surface area contributed by atoms with Crippen LogP contribution >= 0.6 is 0 Å². The van der Waals surface area contributed by atoms with Gasteiger partial charge in [-0.05, 0) is 18.2 Å². The summed E-state index contributed by atoms with van der Waals surface area (Å²) < 4.78 is 8.66. The maximum atomic E-state index is 12.7. The fourth-order valence-electron chi connectivity index (χ4n) is 2.95. The number of methoxy groups -OCH3 is 1. The quantitative estimate of drug-likeness (QED) is 0.718. The standard InChI is InChI=1S/C17H18N6O2/c1-21-16(9-15(19-21)12-4-3-5-14(8-12)25-2)17(24)22-10-13(11-22)23-7-6-18-20-23/h3-9,13H,10-11H2,1-2H3. The number of likely N-dealkylation sites (tertiary alicyclic amines) is 1. The van der Waals surface area contributed by atoms with Crippen molar-refractivity contribution in [1.82, 2.24) is 29.7 Å². The van der Waals surface area contributed by atoms with Crippen LogP contribution in [0.15, 0.2) is 42.7 Å². The first-order valence-electron chi connectivity index (χ1n) is 7.99. The van der Waals surface area contributed by atoms with Crippen LogP contribution in [-0.2, 0) is 7.05 Å². The van der Waals surface area contributed by atoms with Crippen molar-refractivity contribution in [3.05, 3.63) is 48.4 Å². The maximum Gasteiger partial charge on any atom is 0.272 e. The molecule has 1 saturated heterocycles. The molecule has 128 valence electrons. The molecule has 3 heterocycles. The molecule has 0 spiro atoms. The van der Waals surface area contributed by atoms with Gasteiger partial charge >= 0.3 is 0 Å². The molecule has 0 N–H and O–H groups in total. The summed E-state index contributed by atoms with van der Waals surface area (Å²) in [4.78, 5) is 14.5. The molecule has 0 radical (unpaired) electrons. The Kier molecular flexibility index (Phi) is 3.72. The Morgan fingerprint density at radius 2 is 2.12 bits per heavy atom. The third kappa shape index (κ3) is 2.75. The lowest BCUT2D eigenvalue weighted by atomic mass is 10.1. The molecule has 0 bridgehead atoms. The Balaban J connectivity index is 1.51. The van der Waals surface area contributed by atoms with E-state index in [2.05, 4.69) is 15.4 Å². The minimum absolute atomic E-state index is 0.0273. The molecule has 3 aromatic rings. The zero-order valence-corrected chi connectivity index (χ0v) is 14.0. The molecule has 1 fully saturated rings. The lowest BCUT2D eigenvalue weighted by molar-refractivity contribution is 0.0487. The van der Waals surface area contributed by atoms with Crippen LogP contribution in [0, 0.1) is 0 Å². The molecule has 2 aromatic heterocycles. The molecular formula is C17H18N6O2. The van der Waals surface area contributed by atoms with Gasteiger partial charge in [0.15, 0.2) is 0 Å². The number of hydrogen-bond donors (Lipinski definition) is 0. The topological polar surface area (TPSA) is 78.1 Å². The van der Waals surface area contributed by atoms with Crippen molar-refractivity contribution in [3.8, 4) is 17.0 Å². The Morgan fingerprint density at radius 3 is 2.84 bits per heavy atom. The molecule has 0 atom stereocenters. The fraction of sp³-hybridized carbons (Fsp3) is 0.294. The fourth-order valence-corrected chi connectivity index (χ4v) is 2.95. The van der Waals surface area contributed by atoms with Gasteiger partial charge in [0, 0.05) is 31.9 Å². The van der Waals surface area contributed by atoms with E-state index in [0.717, 1.165) is 17.0 Å². The summed E-state index contributed by atoms with van der Waals surface area (Å²) in [6.45, 7) is 1.25. The number of nitrogens with zero attached hydrogens (tertiary/aromatic N) is 6. The first kappa shape index (κ1) is 15.4. The Morgan fingerprint density at radius 1 is 1.28 bits per heavy atom. The van der Waals surface area contributed by atoms with E-state index in [9.17, 15) is 4.79 Å². The molecule has 4 rings (SSSR count). The predicted octanol–water partition coefficient (Wildman–Crippen LogP) is 1.38. The highest BCUT2D eigenvalue weighted by molar-refractivity contribution is 5.94. The van der Waals surface area contributed by atoms with Gasteiger partial charge in [-0.1, -0.05) is 17.3 Å². The highest BCUT2D eigenvalue weighted by Crippen LogP contribution is 2.26. The van der Waals surface area contributed by atoms with E-state index in [-0.39, 0.29) is 11.9 Å². The third-order valence-corrected chi connectivity index (χ3v) is 4.43. The number of benzene rings is 1. The van der Waals surface area contributed by atoms with E-state index in [1.54, 1.807) is 34.6 Å². The summed E-state index contributed by atoms with van der Waals surface area (Å²) in [5.41, 5.74) is 2.23. The maximum absolute atomic E-state index is 12.7. The van der Waals surface area contributed by atoms with Crippen LogP contribution in [-0.4, -0.2) is 55.8 Å². The molecule has 0 aliphatic carbocycles. The van der Waals surface area contributed by atoms with Gasteiger partial charge in [0.1, 0.15) is 11.4 Å². The van der Waals surface area contributed by atoms with Crippen molar-refractivity contribution in [2.24, 2.45) is 7.05 Å². The summed E-state index contributed by atoms with van der Waals surface area (Å²) in [6.07, 6.45) is 3.46. The van der Waals surface area contributed by atoms with Crippen molar-refractivity contribution in [2.45, 2.75) is 6.04 Å². The molecule has 8 heteroatoms. The van der Waals surface area contributed by atoms with Crippen LogP contribution in [0.1, 0.15) is 16.5 Å². The van der Waals surface area contributed by atoms with E-state index < -0.39 is 0 Å². The van der Waals surface area contributed by atoms with Crippen molar-refractivity contribution in [1.29, 1.82) is 0 Å². The van der Waals surface area contributed by atoms with E-state index in [4.69, 9.17) is 4.74 Å². The minimum Gasteiger partial charge on any atom is -0.497 e. The minimum atomic E-state index is -0.0273. The van der Waals surface area contributed by atoms with Gasteiger partial charge < -0.3 is 9.64 Å². The van der Waals surface area contributed by atoms with Crippen LogP contribution in [0.4, 0.5) is 0 Å². The second-order valence-electron chi connectivity index (χ2n) is 6.02. The number of carbonyl (C=O) groups is 1. The Bertz CT molecular complexity index is 896. The van der Waals surface area contributed by atoms with Crippen LogP contribution in [0.25, 0.3) is 11.3 Å². The SMILES string of the molecule is COc1cccc(-c2cc(C(=O)N3CC(n4ccnn4)C3)n(C)n2)c1. The lowest BCUT2D eigenvalue weighted by Gasteiger charge is -2.38. The average Bonchev–Trinajstić information content (AvgIpc) is 3.23. The number of aryl methyl sites for hydroxylation is 1. The molecule has 8 nitrogen and oxygen atoms in total. The number of carbonyl (C=O) groups excluding carboxylic acids is 1. The van der Waals surface area contributed by atoms with Gasteiger partial charge in [0.2, 0.25) is 0 Å². The molecule has 0 saturated carbocycles. The second kappa shape index (κ2) is 6.04. The van der Waals surface area contributed by atoms with E-state index >= 15 is 0 Å². The van der Waals surface area contributed by atoms with Gasteiger partial charge in [0.05, 0.1) is 25.0 Å². The number of ether oxygens (including phenoxy) is 1. The van der Waals surface area contributed by atoms with Crippen LogP contribution in [0.5, 0.6) is 5.75 Å². The number of rotatable bonds is 4. The summed E-state index contributed by atoms with van der Waals surface area (Å²) >= 11 is 0. The Hall–Kier alpha value is -3.16. The summed E-state index contributed by atoms with van der Waals surface area (Å²) in [7, 11) is 3.41. The Labute approximate surface area is 144 Å². The first-order valence-corrected chi connectivity index (χ1v) is 7.99. The van der Waals surface area contributed by atoms with E-state index in [0.29, 0.717) is 18.8 Å². The summed E-state index contributed by atoms with van der Waals surface area (Å²) in [6, 6.07) is 9.65. The third-order valence-electron chi connectivity index (χ3n) is 4.43. The van der Waals surface area contributed by atoms with E-state index in [1.807, 2.05) is 36.5 Å². The summed E-state index contributed by atoms with van der Waals surface area (Å²) in [5, 5.41) is 12.3. The van der Waals surface area contributed by atoms with Crippen molar-refractivity contribution < 1.29 is 9.53 Å². The van der Waals surface area contributed by atoms with E-state index in [1.165, 1.54) is 0 Å². The molecule has 1 aromatic carbocycles. The molecule has 1 amide bonds. The molecule has 1 aliphatic rings. The smallest absolute Gasteiger partial charge is 0.272 e. The second-order valence-corrected chi connectivity index (χ2v) is 6.02. The van der Waals surface area contributed by atoms with Crippen LogP contribution < -0.4 is 4.74 Å². The van der Waals surface area contributed by atoms with Gasteiger partial charge in [-0.3, -0.25) is 9.48 Å². The molecule has 0 unspecified atom stereocenters. The van der Waals surface area contributed by atoms with Gasteiger partial charge in [-0.25, -0.2) is 4.68 Å². The van der Waals surface area contributed by atoms with Gasteiger partial charge in [-0.15, -0.1) is 5.10 Å². The van der Waals surface area contributed by atoms with Gasteiger partial charge in [-0.2, -0.15) is 5.10 Å². The molecular weight excluding hydrogens is 320 g/mol. The monoisotopic (exact) mass is 338 g/mol. The van der Waals surface area contributed by atoms with Crippen LogP contribution in [0.3, 0.4) is 0 Å². The molecule has 1 aliphatic heterocycles. The largest absolute Gasteiger partial charge is 0.497 e. The predicted molar refractivity (Wildman–Crippen MR) is 90.2 cm³/mol. The first-order chi connectivity index (χ1) is 12.2. The van der Waals surface area contributed by atoms with Crippen molar-refractivity contribution >= 4 is 5.91 Å². The lowest BCUT2D eigenvalue weighted by Crippen LogP contribution is -2.51. The van der Waals surface area contributed by atoms with Gasteiger partial charge in [0.25, 0.3) is 5.91 Å². The zero-order valence-electron chi connectivity index (χ0n) is 14.0. The van der Waals surface area contributed by atoms with Crippen molar-refractivity contribution in [3.63, 3.8) is 0 Å². The number of aromatic nitrogens is 5. The highest BCUT2D eigenvalue weighted by Gasteiger charge is 2.34. The normalized spacial score (nSPS) is 14.4. The number of amides is 1. The highest BCUT2D eigenvalue weighted by atomic mass is 16.5. The number of hydrogen-bond acceptors (Lipinski definition) is 5. The van der Waals surface area contributed by atoms with Crippen molar-refractivity contribution in [2.75, 3.05) is 20.2 Å². The molecule has 25 heavy (non-hydrogen) atoms. The summed E-state index contributed by atoms with van der Waals surface area (Å²) in [5.74, 6) is 0.731. The van der Waals surface area contributed by atoms with Crippen LogP contribution in [0.2, 0.25) is 0 Å². The zero-order chi connectivity index (χ0) is 17.4. The average molecular weight is 338 g/mol.